The van der Waals surface area contributed by atoms with Crippen LogP contribution in [-0.4, -0.2) is 28.5 Å². The number of nitriles is 1. The SMILES string of the molecule is CC1=CSC(=C(C#N)c2cc(N(C)c3ccccc3)nc(NCCc3cccnc3)n2)N1. The lowest BCUT2D eigenvalue weighted by Crippen LogP contribution is -2.16. The lowest BCUT2D eigenvalue weighted by Gasteiger charge is -2.20. The van der Waals surface area contributed by atoms with Crippen LogP contribution >= 0.6 is 11.8 Å². The zero-order valence-electron chi connectivity index (χ0n) is 17.9. The molecule has 0 saturated carbocycles. The average molecular weight is 442 g/mol. The van der Waals surface area contributed by atoms with E-state index in [9.17, 15) is 5.26 Å². The first-order valence-electron chi connectivity index (χ1n) is 10.2. The first-order chi connectivity index (χ1) is 15.6. The minimum Gasteiger partial charge on any atom is -0.354 e. The van der Waals surface area contributed by atoms with E-state index in [0.29, 0.717) is 29.6 Å². The molecule has 0 radical (unpaired) electrons. The number of para-hydroxylation sites is 1. The minimum atomic E-state index is 0.477. The maximum absolute atomic E-state index is 9.90. The van der Waals surface area contributed by atoms with Gasteiger partial charge in [0.1, 0.15) is 17.5 Å². The highest BCUT2D eigenvalue weighted by Crippen LogP contribution is 2.32. The number of hydrogen-bond acceptors (Lipinski definition) is 8. The molecule has 0 aliphatic carbocycles. The smallest absolute Gasteiger partial charge is 0.225 e. The van der Waals surface area contributed by atoms with Crippen molar-refractivity contribution in [2.75, 3.05) is 23.8 Å². The van der Waals surface area contributed by atoms with Gasteiger partial charge in [-0.3, -0.25) is 4.98 Å². The Hall–Kier alpha value is -3.83. The van der Waals surface area contributed by atoms with Gasteiger partial charge in [-0.1, -0.05) is 36.0 Å². The Kier molecular flexibility index (Phi) is 6.68. The number of anilines is 3. The summed E-state index contributed by atoms with van der Waals surface area (Å²) in [5.74, 6) is 1.18. The van der Waals surface area contributed by atoms with E-state index in [0.717, 1.165) is 28.4 Å². The molecule has 0 fully saturated rings. The van der Waals surface area contributed by atoms with Crippen LogP contribution in [0.2, 0.25) is 0 Å². The number of rotatable bonds is 7. The Morgan fingerprint density at radius 1 is 1.19 bits per heavy atom. The largest absolute Gasteiger partial charge is 0.354 e. The fourth-order valence-electron chi connectivity index (χ4n) is 3.19. The molecule has 2 N–H and O–H groups in total. The minimum absolute atomic E-state index is 0.477. The lowest BCUT2D eigenvalue weighted by molar-refractivity contribution is 0.965. The molecule has 7 nitrogen and oxygen atoms in total. The summed E-state index contributed by atoms with van der Waals surface area (Å²) in [7, 11) is 1.95. The third-order valence-electron chi connectivity index (χ3n) is 4.88. The summed E-state index contributed by atoms with van der Waals surface area (Å²) in [6, 6.07) is 18.1. The van der Waals surface area contributed by atoms with Crippen LogP contribution in [0.1, 0.15) is 18.2 Å². The molecule has 2 aromatic heterocycles. The fourth-order valence-corrected chi connectivity index (χ4v) is 4.03. The van der Waals surface area contributed by atoms with E-state index in [1.165, 1.54) is 11.8 Å². The van der Waals surface area contributed by atoms with E-state index in [2.05, 4.69) is 26.7 Å². The summed E-state index contributed by atoms with van der Waals surface area (Å²) < 4.78 is 0. The van der Waals surface area contributed by atoms with Crippen LogP contribution in [0.4, 0.5) is 17.5 Å². The topological polar surface area (TPSA) is 89.8 Å². The summed E-state index contributed by atoms with van der Waals surface area (Å²) in [4.78, 5) is 15.5. The van der Waals surface area contributed by atoms with Crippen LogP contribution in [0, 0.1) is 11.3 Å². The van der Waals surface area contributed by atoms with Crippen LogP contribution < -0.4 is 15.5 Å². The summed E-state index contributed by atoms with van der Waals surface area (Å²) in [6.07, 6.45) is 4.40. The molecule has 1 aromatic carbocycles. The third kappa shape index (κ3) is 5.07. The Balaban J connectivity index is 1.66. The first kappa shape index (κ1) is 21.4. The van der Waals surface area contributed by atoms with E-state index in [-0.39, 0.29) is 0 Å². The van der Waals surface area contributed by atoms with Crippen molar-refractivity contribution in [2.24, 2.45) is 0 Å². The van der Waals surface area contributed by atoms with Gasteiger partial charge in [0.05, 0.1) is 10.7 Å². The summed E-state index contributed by atoms with van der Waals surface area (Å²) in [5, 5.41) is 19.2. The third-order valence-corrected chi connectivity index (χ3v) is 5.89. The number of hydrogen-bond donors (Lipinski definition) is 2. The molecule has 1 aliphatic heterocycles. The molecular formula is C24H23N7S. The van der Waals surface area contributed by atoms with Gasteiger partial charge < -0.3 is 15.5 Å². The first-order valence-corrected chi connectivity index (χ1v) is 11.1. The zero-order valence-corrected chi connectivity index (χ0v) is 18.7. The van der Waals surface area contributed by atoms with Gasteiger partial charge in [0.15, 0.2) is 0 Å². The van der Waals surface area contributed by atoms with Gasteiger partial charge in [-0.25, -0.2) is 4.98 Å². The molecule has 160 valence electrons. The highest BCUT2D eigenvalue weighted by molar-refractivity contribution is 8.06. The molecule has 0 saturated heterocycles. The normalized spacial score (nSPS) is 14.2. The molecule has 1 aliphatic rings. The van der Waals surface area contributed by atoms with E-state index >= 15 is 0 Å². The number of nitrogens with zero attached hydrogens (tertiary/aromatic N) is 5. The summed E-state index contributed by atoms with van der Waals surface area (Å²) >= 11 is 1.49. The van der Waals surface area contributed by atoms with Crippen molar-refractivity contribution in [2.45, 2.75) is 13.3 Å². The molecule has 8 heteroatoms. The highest BCUT2D eigenvalue weighted by Gasteiger charge is 2.18. The Bertz CT molecular complexity index is 1180. The standard InChI is InChI=1S/C24H23N7S/c1-17-16-32-23(28-17)20(14-25)21-13-22(31(2)19-8-4-3-5-9-19)30-24(29-21)27-12-10-18-7-6-11-26-15-18/h3-9,11,13,15-16,28H,10,12H2,1-2H3,(H,27,29,30). The maximum atomic E-state index is 9.90. The number of nitrogens with one attached hydrogen (secondary N) is 2. The Labute approximate surface area is 191 Å². The second-order valence-corrected chi connectivity index (χ2v) is 8.11. The number of pyridine rings is 1. The van der Waals surface area contributed by atoms with Crippen molar-refractivity contribution in [3.8, 4) is 6.07 Å². The van der Waals surface area contributed by atoms with Gasteiger partial charge in [-0.05, 0) is 42.5 Å². The van der Waals surface area contributed by atoms with Crippen molar-refractivity contribution in [1.29, 1.82) is 5.26 Å². The van der Waals surface area contributed by atoms with E-state index in [1.807, 2.05) is 79.0 Å². The molecule has 32 heavy (non-hydrogen) atoms. The van der Waals surface area contributed by atoms with Crippen molar-refractivity contribution in [1.82, 2.24) is 20.3 Å². The second-order valence-electron chi connectivity index (χ2n) is 7.23. The molecule has 4 rings (SSSR count). The van der Waals surface area contributed by atoms with Gasteiger partial charge >= 0.3 is 0 Å². The van der Waals surface area contributed by atoms with Gasteiger partial charge in [0.25, 0.3) is 0 Å². The van der Waals surface area contributed by atoms with E-state index < -0.39 is 0 Å². The van der Waals surface area contributed by atoms with Gasteiger partial charge in [-0.15, -0.1) is 0 Å². The van der Waals surface area contributed by atoms with Crippen LogP contribution in [-0.2, 0) is 6.42 Å². The molecule has 0 unspecified atom stereocenters. The number of benzene rings is 1. The molecule has 0 amide bonds. The van der Waals surface area contributed by atoms with Crippen LogP contribution in [0.5, 0.6) is 0 Å². The molecule has 0 atom stereocenters. The molecule has 0 bridgehead atoms. The van der Waals surface area contributed by atoms with Crippen molar-refractivity contribution in [3.05, 3.63) is 88.3 Å². The second kappa shape index (κ2) is 9.98. The molecule has 3 aromatic rings. The van der Waals surface area contributed by atoms with Gasteiger partial charge in [0.2, 0.25) is 5.95 Å². The van der Waals surface area contributed by atoms with Gasteiger partial charge in [0, 0.05) is 43.4 Å². The molecule has 0 spiro atoms. The average Bonchev–Trinajstić information content (AvgIpc) is 3.26. The predicted octanol–water partition coefficient (Wildman–Crippen LogP) is 4.68. The van der Waals surface area contributed by atoms with Crippen LogP contribution in [0.25, 0.3) is 5.57 Å². The summed E-state index contributed by atoms with van der Waals surface area (Å²) in [6.45, 7) is 2.62. The van der Waals surface area contributed by atoms with Gasteiger partial charge in [-0.2, -0.15) is 10.2 Å². The van der Waals surface area contributed by atoms with Crippen molar-refractivity contribution in [3.63, 3.8) is 0 Å². The quantitative estimate of drug-likeness (QED) is 0.511. The maximum Gasteiger partial charge on any atom is 0.225 e. The molecule has 3 heterocycles. The van der Waals surface area contributed by atoms with Crippen molar-refractivity contribution >= 4 is 34.8 Å². The Morgan fingerprint density at radius 3 is 2.72 bits per heavy atom. The van der Waals surface area contributed by atoms with E-state index in [1.54, 1.807) is 6.20 Å². The summed E-state index contributed by atoms with van der Waals surface area (Å²) in [5.41, 5.74) is 4.19. The monoisotopic (exact) mass is 441 g/mol. The lowest BCUT2D eigenvalue weighted by atomic mass is 10.2. The van der Waals surface area contributed by atoms with E-state index in [4.69, 9.17) is 4.98 Å². The zero-order chi connectivity index (χ0) is 22.3. The Morgan fingerprint density at radius 2 is 2.03 bits per heavy atom. The fraction of sp³-hybridized carbons (Fsp3) is 0.167. The highest BCUT2D eigenvalue weighted by atomic mass is 32.2. The number of thioether (sulfide) groups is 1. The number of allylic oxidation sites excluding steroid dienone is 2. The van der Waals surface area contributed by atoms with Crippen LogP contribution in [0.15, 0.2) is 77.1 Å². The molecular weight excluding hydrogens is 418 g/mol. The predicted molar refractivity (Wildman–Crippen MR) is 130 cm³/mol. The number of aromatic nitrogens is 3. The van der Waals surface area contributed by atoms with Crippen molar-refractivity contribution < 1.29 is 0 Å². The van der Waals surface area contributed by atoms with Crippen LogP contribution in [0.3, 0.4) is 0 Å².